The van der Waals surface area contributed by atoms with E-state index < -0.39 is 10.0 Å². The van der Waals surface area contributed by atoms with Gasteiger partial charge in [-0.3, -0.25) is 0 Å². The monoisotopic (exact) mass is 521 g/mol. The van der Waals surface area contributed by atoms with E-state index in [1.54, 1.807) is 16.4 Å². The van der Waals surface area contributed by atoms with Crippen molar-refractivity contribution >= 4 is 48.5 Å². The van der Waals surface area contributed by atoms with Crippen LogP contribution in [0.5, 0.6) is 0 Å². The first-order valence-corrected chi connectivity index (χ1v) is 11.4. The van der Waals surface area contributed by atoms with Crippen LogP contribution in [0.25, 0.3) is 0 Å². The third kappa shape index (κ3) is 5.03. The summed E-state index contributed by atoms with van der Waals surface area (Å²) in [6, 6.07) is 13.1. The number of halogens is 2. The maximum atomic E-state index is 13.0. The third-order valence-corrected chi connectivity index (χ3v) is 7.38. The van der Waals surface area contributed by atoms with E-state index in [9.17, 15) is 8.42 Å². The highest BCUT2D eigenvalue weighted by molar-refractivity contribution is 14.1. The molecule has 0 heterocycles. The predicted molar refractivity (Wildman–Crippen MR) is 111 cm³/mol. The molecule has 0 bridgehead atoms. The molecule has 2 aromatic carbocycles. The van der Waals surface area contributed by atoms with Crippen molar-refractivity contribution in [3.63, 3.8) is 0 Å². The summed E-state index contributed by atoms with van der Waals surface area (Å²) in [7, 11) is -3.50. The molecular weight excluding hydrogens is 501 g/mol. The minimum Gasteiger partial charge on any atom is -0.207 e. The Morgan fingerprint density at radius 2 is 1.75 bits per heavy atom. The van der Waals surface area contributed by atoms with Crippen molar-refractivity contribution in [1.82, 2.24) is 4.31 Å². The van der Waals surface area contributed by atoms with E-state index >= 15 is 0 Å². The molecule has 0 N–H and O–H groups in total. The predicted octanol–water partition coefficient (Wildman–Crippen LogP) is 4.88. The van der Waals surface area contributed by atoms with E-state index in [-0.39, 0.29) is 0 Å². The molecular formula is C18H21BrINO2S. The van der Waals surface area contributed by atoms with Crippen molar-refractivity contribution in [1.29, 1.82) is 0 Å². The number of sulfonamides is 1. The summed E-state index contributed by atoms with van der Waals surface area (Å²) in [5.74, 6) is 0. The van der Waals surface area contributed by atoms with Crippen LogP contribution in [0.3, 0.4) is 0 Å². The normalized spacial score (nSPS) is 11.9. The van der Waals surface area contributed by atoms with Gasteiger partial charge in [-0.2, -0.15) is 4.31 Å². The Bertz CT molecular complexity index is 791. The lowest BCUT2D eigenvalue weighted by molar-refractivity contribution is 0.407. The maximum absolute atomic E-state index is 13.0. The summed E-state index contributed by atoms with van der Waals surface area (Å²) in [4.78, 5) is 0.351. The molecule has 24 heavy (non-hydrogen) atoms. The number of alkyl halides is 1. The first-order chi connectivity index (χ1) is 11.3. The van der Waals surface area contributed by atoms with Crippen LogP contribution in [0.4, 0.5) is 0 Å². The molecule has 0 atom stereocenters. The number of rotatable bonds is 7. The fourth-order valence-electron chi connectivity index (χ4n) is 2.32. The lowest BCUT2D eigenvalue weighted by Crippen LogP contribution is -2.32. The average Bonchev–Trinajstić information content (AvgIpc) is 2.55. The Morgan fingerprint density at radius 3 is 2.33 bits per heavy atom. The second kappa shape index (κ2) is 8.78. The number of hydrogen-bond donors (Lipinski definition) is 0. The molecule has 0 aliphatic heterocycles. The molecule has 2 rings (SSSR count). The molecule has 0 saturated carbocycles. The number of nitrogens with zero attached hydrogens (tertiary/aromatic N) is 1. The molecule has 0 aliphatic rings. The fraction of sp³-hybridized carbons (Fsp3) is 0.333. The lowest BCUT2D eigenvalue weighted by atomic mass is 10.1. The zero-order valence-electron chi connectivity index (χ0n) is 13.8. The SMILES string of the molecule is Cc1ccc(S(=O)(=O)N(CCCBr)Cc2ccc(C)c(I)c2)cc1. The van der Waals surface area contributed by atoms with E-state index in [4.69, 9.17) is 0 Å². The van der Waals surface area contributed by atoms with Crippen LogP contribution in [0.1, 0.15) is 23.1 Å². The van der Waals surface area contributed by atoms with Crippen molar-refractivity contribution in [3.8, 4) is 0 Å². The Kier molecular flexibility index (Phi) is 7.27. The molecule has 0 radical (unpaired) electrons. The number of aryl methyl sites for hydroxylation is 2. The summed E-state index contributed by atoms with van der Waals surface area (Å²) in [5.41, 5.74) is 3.26. The van der Waals surface area contributed by atoms with E-state index in [1.165, 1.54) is 5.56 Å². The molecule has 0 aromatic heterocycles. The van der Waals surface area contributed by atoms with Crippen LogP contribution >= 0.6 is 38.5 Å². The summed E-state index contributed by atoms with van der Waals surface area (Å²) in [5, 5.41) is 0.776. The van der Waals surface area contributed by atoms with Crippen molar-refractivity contribution in [2.24, 2.45) is 0 Å². The van der Waals surface area contributed by atoms with Crippen LogP contribution in [0, 0.1) is 17.4 Å². The second-order valence-corrected chi connectivity index (χ2v) is 9.67. The molecule has 0 unspecified atom stereocenters. The molecule has 0 aliphatic carbocycles. The van der Waals surface area contributed by atoms with E-state index in [2.05, 4.69) is 51.5 Å². The molecule has 130 valence electrons. The molecule has 0 fully saturated rings. The molecule has 0 amide bonds. The minimum absolute atomic E-state index is 0.351. The molecule has 2 aromatic rings. The first-order valence-electron chi connectivity index (χ1n) is 7.72. The van der Waals surface area contributed by atoms with E-state index in [0.717, 1.165) is 26.4 Å². The second-order valence-electron chi connectivity index (χ2n) is 5.78. The lowest BCUT2D eigenvalue weighted by Gasteiger charge is -2.22. The van der Waals surface area contributed by atoms with Gasteiger partial charge in [-0.05, 0) is 72.2 Å². The number of hydrogen-bond acceptors (Lipinski definition) is 2. The third-order valence-electron chi connectivity index (χ3n) is 3.80. The fourth-order valence-corrected chi connectivity index (χ4v) is 4.62. The van der Waals surface area contributed by atoms with Crippen LogP contribution < -0.4 is 0 Å². The van der Waals surface area contributed by atoms with E-state index in [1.807, 2.05) is 31.2 Å². The van der Waals surface area contributed by atoms with Gasteiger partial charge in [0.25, 0.3) is 0 Å². The minimum atomic E-state index is -3.50. The molecule has 0 spiro atoms. The van der Waals surface area contributed by atoms with E-state index in [0.29, 0.717) is 18.0 Å². The Balaban J connectivity index is 2.32. The van der Waals surface area contributed by atoms with Gasteiger partial charge in [0.15, 0.2) is 0 Å². The summed E-state index contributed by atoms with van der Waals surface area (Å²) < 4.78 is 28.7. The van der Waals surface area contributed by atoms with Gasteiger partial charge in [0.2, 0.25) is 10.0 Å². The van der Waals surface area contributed by atoms with Crippen molar-refractivity contribution in [3.05, 3.63) is 62.7 Å². The zero-order chi connectivity index (χ0) is 17.7. The van der Waals surface area contributed by atoms with Gasteiger partial charge in [0.05, 0.1) is 4.90 Å². The molecule has 3 nitrogen and oxygen atoms in total. The summed E-state index contributed by atoms with van der Waals surface area (Å²) in [6.07, 6.45) is 0.772. The van der Waals surface area contributed by atoms with Gasteiger partial charge in [-0.15, -0.1) is 0 Å². The van der Waals surface area contributed by atoms with Gasteiger partial charge in [-0.25, -0.2) is 8.42 Å². The Morgan fingerprint density at radius 1 is 1.08 bits per heavy atom. The van der Waals surface area contributed by atoms with Gasteiger partial charge >= 0.3 is 0 Å². The highest BCUT2D eigenvalue weighted by Gasteiger charge is 2.24. The quantitative estimate of drug-likeness (QED) is 0.384. The largest absolute Gasteiger partial charge is 0.243 e. The van der Waals surface area contributed by atoms with Crippen LogP contribution in [0.2, 0.25) is 0 Å². The van der Waals surface area contributed by atoms with Crippen LogP contribution in [0.15, 0.2) is 47.4 Å². The summed E-state index contributed by atoms with van der Waals surface area (Å²) >= 11 is 5.68. The highest BCUT2D eigenvalue weighted by atomic mass is 127. The number of benzene rings is 2. The van der Waals surface area contributed by atoms with Crippen molar-refractivity contribution in [2.45, 2.75) is 31.7 Å². The Hall–Kier alpha value is -0.440. The van der Waals surface area contributed by atoms with Gasteiger partial charge < -0.3 is 0 Å². The Labute approximate surface area is 166 Å². The first kappa shape index (κ1) is 19.9. The van der Waals surface area contributed by atoms with Crippen molar-refractivity contribution in [2.75, 3.05) is 11.9 Å². The van der Waals surface area contributed by atoms with Crippen molar-refractivity contribution < 1.29 is 8.42 Å². The summed E-state index contributed by atoms with van der Waals surface area (Å²) in [6.45, 7) is 4.88. The van der Waals surface area contributed by atoms with Gasteiger partial charge in [-0.1, -0.05) is 45.8 Å². The zero-order valence-corrected chi connectivity index (χ0v) is 18.4. The van der Waals surface area contributed by atoms with Gasteiger partial charge in [0.1, 0.15) is 0 Å². The maximum Gasteiger partial charge on any atom is 0.243 e. The molecule has 6 heteroatoms. The molecule has 0 saturated heterocycles. The van der Waals surface area contributed by atoms with Crippen LogP contribution in [-0.2, 0) is 16.6 Å². The average molecular weight is 522 g/mol. The topological polar surface area (TPSA) is 37.4 Å². The van der Waals surface area contributed by atoms with Crippen LogP contribution in [-0.4, -0.2) is 24.6 Å². The van der Waals surface area contributed by atoms with Gasteiger partial charge in [0, 0.05) is 22.0 Å². The highest BCUT2D eigenvalue weighted by Crippen LogP contribution is 2.21. The standard InChI is InChI=1S/C18H21BrINO2S/c1-14-4-8-17(9-5-14)24(22,23)21(11-3-10-19)13-16-7-6-15(2)18(20)12-16/h4-9,12H,3,10-11,13H2,1-2H3. The smallest absolute Gasteiger partial charge is 0.207 e.